The molecular formula is C20H18Cl2F4N2O. The zero-order valence-electron chi connectivity index (χ0n) is 15.5. The number of aromatic nitrogens is 2. The molecule has 0 saturated carbocycles. The highest BCUT2D eigenvalue weighted by molar-refractivity contribution is 6.36. The van der Waals surface area contributed by atoms with Crippen molar-refractivity contribution in [1.29, 1.82) is 0 Å². The van der Waals surface area contributed by atoms with E-state index in [1.807, 2.05) is 0 Å². The smallest absolute Gasteiger partial charge is 0.380 e. The van der Waals surface area contributed by atoms with Crippen LogP contribution in [-0.4, -0.2) is 26.9 Å². The van der Waals surface area contributed by atoms with Crippen LogP contribution in [0.3, 0.4) is 0 Å². The van der Waals surface area contributed by atoms with E-state index in [0.29, 0.717) is 16.5 Å². The normalized spacial score (nSPS) is 14.9. The largest absolute Gasteiger partial charge is 0.417 e. The second-order valence-electron chi connectivity index (χ2n) is 7.77. The van der Waals surface area contributed by atoms with Gasteiger partial charge >= 0.3 is 6.18 Å². The summed E-state index contributed by atoms with van der Waals surface area (Å²) in [6.45, 7) is 3.06. The minimum Gasteiger partial charge on any atom is -0.380 e. The average molecular weight is 449 g/mol. The molecule has 0 aliphatic heterocycles. The topological polar surface area (TPSA) is 48.9 Å². The van der Waals surface area contributed by atoms with Crippen molar-refractivity contribution in [3.05, 3.63) is 63.8 Å². The molecule has 0 radical (unpaired) electrons. The van der Waals surface area contributed by atoms with Crippen LogP contribution in [-0.2, 0) is 11.8 Å². The molecule has 0 aliphatic rings. The quantitative estimate of drug-likeness (QED) is 0.359. The lowest BCUT2D eigenvalue weighted by Gasteiger charge is -2.38. The van der Waals surface area contributed by atoms with Crippen molar-refractivity contribution < 1.29 is 22.7 Å². The first-order chi connectivity index (χ1) is 13.3. The Hall–Kier alpha value is -1.83. The molecule has 9 heteroatoms. The molecule has 0 amide bonds. The number of pyridine rings is 1. The SMILES string of the molecule is CC(C)(CC(O)(Cc1cc2cc(Cl)nc(Cl)c2[nH]1)C(F)(F)F)c1cccc(F)c1. The number of alkyl halides is 3. The van der Waals surface area contributed by atoms with Crippen LogP contribution in [0, 0.1) is 5.82 Å². The highest BCUT2D eigenvalue weighted by Crippen LogP contribution is 2.43. The van der Waals surface area contributed by atoms with Crippen molar-refractivity contribution in [2.24, 2.45) is 0 Å². The van der Waals surface area contributed by atoms with Gasteiger partial charge in [0.2, 0.25) is 0 Å². The number of benzene rings is 1. The zero-order valence-corrected chi connectivity index (χ0v) is 17.1. The molecule has 3 aromatic rings. The fraction of sp³-hybridized carbons (Fsp3) is 0.350. The Morgan fingerprint density at radius 1 is 1.10 bits per heavy atom. The average Bonchev–Trinajstić information content (AvgIpc) is 2.95. The molecule has 2 aromatic heterocycles. The number of H-pyrrole nitrogens is 1. The minimum atomic E-state index is -4.92. The number of rotatable bonds is 5. The van der Waals surface area contributed by atoms with Crippen LogP contribution < -0.4 is 0 Å². The number of hydrogen-bond donors (Lipinski definition) is 2. The van der Waals surface area contributed by atoms with E-state index in [2.05, 4.69) is 9.97 Å². The maximum absolute atomic E-state index is 13.9. The monoisotopic (exact) mass is 448 g/mol. The standard InChI is InChI=1S/C20H18Cl2F4N2O/c1-18(2,12-4-3-5-13(23)8-12)10-19(29,20(24,25)26)9-14-6-11-7-15(21)28-17(22)16(11)27-14/h3-8,27,29H,9-10H2,1-2H3. The number of aliphatic hydroxyl groups is 1. The van der Waals surface area contributed by atoms with E-state index in [1.165, 1.54) is 50.2 Å². The fourth-order valence-corrected chi connectivity index (χ4v) is 4.03. The predicted octanol–water partition coefficient (Wildman–Crippen LogP) is 6.21. The summed E-state index contributed by atoms with van der Waals surface area (Å²) >= 11 is 11.8. The van der Waals surface area contributed by atoms with Gasteiger partial charge in [0.15, 0.2) is 10.8 Å². The van der Waals surface area contributed by atoms with E-state index in [0.717, 1.165) is 0 Å². The molecular weight excluding hydrogens is 431 g/mol. The van der Waals surface area contributed by atoms with Gasteiger partial charge in [0.1, 0.15) is 11.0 Å². The highest BCUT2D eigenvalue weighted by Gasteiger charge is 2.56. The summed E-state index contributed by atoms with van der Waals surface area (Å²) in [5.41, 5.74) is -3.40. The van der Waals surface area contributed by atoms with Crippen molar-refractivity contribution in [2.45, 2.75) is 43.9 Å². The molecule has 1 aromatic carbocycles. The van der Waals surface area contributed by atoms with Crippen LogP contribution in [0.4, 0.5) is 17.6 Å². The van der Waals surface area contributed by atoms with Crippen molar-refractivity contribution in [3.8, 4) is 0 Å². The van der Waals surface area contributed by atoms with Crippen LogP contribution >= 0.6 is 23.2 Å². The molecule has 1 unspecified atom stereocenters. The van der Waals surface area contributed by atoms with Gasteiger partial charge in [-0.05, 0) is 41.7 Å². The number of nitrogens with one attached hydrogen (secondary N) is 1. The summed E-state index contributed by atoms with van der Waals surface area (Å²) in [5.74, 6) is -0.555. The van der Waals surface area contributed by atoms with Gasteiger partial charge in [-0.2, -0.15) is 13.2 Å². The molecule has 0 saturated heterocycles. The molecule has 29 heavy (non-hydrogen) atoms. The van der Waals surface area contributed by atoms with Crippen LogP contribution in [0.15, 0.2) is 36.4 Å². The lowest BCUT2D eigenvalue weighted by Crippen LogP contribution is -2.50. The number of fused-ring (bicyclic) bond motifs is 1. The van der Waals surface area contributed by atoms with Crippen LogP contribution in [0.25, 0.3) is 10.9 Å². The second kappa shape index (κ2) is 7.45. The van der Waals surface area contributed by atoms with Gasteiger partial charge in [0.05, 0.1) is 5.52 Å². The van der Waals surface area contributed by atoms with Gasteiger partial charge in [0, 0.05) is 17.5 Å². The number of nitrogens with zero attached hydrogens (tertiary/aromatic N) is 1. The van der Waals surface area contributed by atoms with Gasteiger partial charge in [0.25, 0.3) is 0 Å². The molecule has 0 bridgehead atoms. The number of hydrogen-bond acceptors (Lipinski definition) is 2. The lowest BCUT2D eigenvalue weighted by molar-refractivity contribution is -0.266. The van der Waals surface area contributed by atoms with Gasteiger partial charge in [-0.25, -0.2) is 9.37 Å². The van der Waals surface area contributed by atoms with E-state index in [1.54, 1.807) is 0 Å². The van der Waals surface area contributed by atoms with Crippen molar-refractivity contribution >= 4 is 34.1 Å². The van der Waals surface area contributed by atoms with Gasteiger partial charge in [-0.15, -0.1) is 0 Å². The van der Waals surface area contributed by atoms with Gasteiger partial charge in [-0.3, -0.25) is 0 Å². The Balaban J connectivity index is 1.98. The Kier molecular flexibility index (Phi) is 5.62. The maximum atomic E-state index is 13.9. The third-order valence-corrected chi connectivity index (χ3v) is 5.41. The molecule has 1 atom stereocenters. The van der Waals surface area contributed by atoms with Crippen LogP contribution in [0.2, 0.25) is 10.3 Å². The second-order valence-corrected chi connectivity index (χ2v) is 8.52. The van der Waals surface area contributed by atoms with Crippen molar-refractivity contribution in [3.63, 3.8) is 0 Å². The maximum Gasteiger partial charge on any atom is 0.417 e. The summed E-state index contributed by atoms with van der Waals surface area (Å²) in [4.78, 5) is 6.63. The summed E-state index contributed by atoms with van der Waals surface area (Å²) in [6, 6.07) is 8.26. The van der Waals surface area contributed by atoms with Crippen LogP contribution in [0.1, 0.15) is 31.5 Å². The van der Waals surface area contributed by atoms with E-state index in [4.69, 9.17) is 23.2 Å². The third-order valence-electron chi connectivity index (χ3n) is 4.94. The van der Waals surface area contributed by atoms with E-state index >= 15 is 0 Å². The summed E-state index contributed by atoms with van der Waals surface area (Å²) in [5, 5.41) is 11.3. The number of halogens is 6. The molecule has 156 valence electrons. The molecule has 2 heterocycles. The highest BCUT2D eigenvalue weighted by atomic mass is 35.5. The first-order valence-corrected chi connectivity index (χ1v) is 9.45. The molecule has 0 spiro atoms. The molecule has 0 aliphatic carbocycles. The molecule has 2 N–H and O–H groups in total. The minimum absolute atomic E-state index is 0.0226. The Bertz CT molecular complexity index is 1050. The summed E-state index contributed by atoms with van der Waals surface area (Å²) in [6.07, 6.45) is -6.33. The molecule has 0 fully saturated rings. The Morgan fingerprint density at radius 3 is 2.41 bits per heavy atom. The van der Waals surface area contributed by atoms with E-state index in [-0.39, 0.29) is 16.0 Å². The zero-order chi connectivity index (χ0) is 21.6. The van der Waals surface area contributed by atoms with Crippen molar-refractivity contribution in [1.82, 2.24) is 9.97 Å². The van der Waals surface area contributed by atoms with E-state index < -0.39 is 35.9 Å². The van der Waals surface area contributed by atoms with Crippen molar-refractivity contribution in [2.75, 3.05) is 0 Å². The fourth-order valence-electron chi connectivity index (χ4n) is 3.54. The van der Waals surface area contributed by atoms with Crippen LogP contribution in [0.5, 0.6) is 0 Å². The molecule has 3 nitrogen and oxygen atoms in total. The Labute approximate surface area is 174 Å². The first-order valence-electron chi connectivity index (χ1n) is 8.69. The summed E-state index contributed by atoms with van der Waals surface area (Å²) < 4.78 is 55.3. The molecule has 3 rings (SSSR count). The first kappa shape index (κ1) is 21.9. The van der Waals surface area contributed by atoms with E-state index in [9.17, 15) is 22.7 Å². The summed E-state index contributed by atoms with van der Waals surface area (Å²) in [7, 11) is 0. The predicted molar refractivity (Wildman–Crippen MR) is 105 cm³/mol. The van der Waals surface area contributed by atoms with Gasteiger partial charge < -0.3 is 10.1 Å². The lowest BCUT2D eigenvalue weighted by atomic mass is 9.73. The number of aromatic amines is 1. The van der Waals surface area contributed by atoms with Gasteiger partial charge in [-0.1, -0.05) is 49.2 Å². The Morgan fingerprint density at radius 2 is 1.79 bits per heavy atom. The third kappa shape index (κ3) is 4.52.